The topological polar surface area (TPSA) is 22.0 Å². The Morgan fingerprint density at radius 1 is 0.800 bits per heavy atom. The third kappa shape index (κ3) is 2.86. The summed E-state index contributed by atoms with van der Waals surface area (Å²) in [5, 5.41) is 1.42. The van der Waals surface area contributed by atoms with Crippen LogP contribution in [0, 0.1) is 0 Å². The van der Waals surface area contributed by atoms with Gasteiger partial charge in [-0.2, -0.15) is 0 Å². The predicted molar refractivity (Wildman–Crippen MR) is 102 cm³/mol. The van der Waals surface area contributed by atoms with Crippen molar-refractivity contribution in [2.45, 2.75) is 6.54 Å². The van der Waals surface area contributed by atoms with Crippen LogP contribution >= 0.6 is 11.6 Å². The summed E-state index contributed by atoms with van der Waals surface area (Å²) in [6, 6.07) is 27.3. The van der Waals surface area contributed by atoms with Gasteiger partial charge in [0.05, 0.1) is 10.5 Å². The summed E-state index contributed by atoms with van der Waals surface area (Å²) < 4.78 is 2.02. The van der Waals surface area contributed by atoms with Crippen LogP contribution in [0.2, 0.25) is 5.02 Å². The van der Waals surface area contributed by atoms with E-state index in [-0.39, 0.29) is 5.78 Å². The third-order valence-corrected chi connectivity index (χ3v) is 4.73. The highest BCUT2D eigenvalue weighted by Gasteiger charge is 2.22. The highest BCUT2D eigenvalue weighted by molar-refractivity contribution is 6.39. The number of hydrogen-bond donors (Lipinski definition) is 0. The number of benzene rings is 3. The van der Waals surface area contributed by atoms with Crippen molar-refractivity contribution in [2.24, 2.45) is 0 Å². The van der Waals surface area contributed by atoms with E-state index in [1.807, 2.05) is 77.4 Å². The van der Waals surface area contributed by atoms with Crippen LogP contribution in [0.3, 0.4) is 0 Å². The van der Waals surface area contributed by atoms with Gasteiger partial charge >= 0.3 is 0 Å². The van der Waals surface area contributed by atoms with Gasteiger partial charge in [-0.15, -0.1) is 0 Å². The predicted octanol–water partition coefficient (Wildman–Crippen LogP) is 5.57. The van der Waals surface area contributed by atoms with Gasteiger partial charge in [0.25, 0.3) is 0 Å². The fourth-order valence-corrected chi connectivity index (χ4v) is 3.49. The third-order valence-electron chi connectivity index (χ3n) is 4.34. The Bertz CT molecular complexity index is 1040. The van der Waals surface area contributed by atoms with E-state index in [1.54, 1.807) is 0 Å². The lowest BCUT2D eigenvalue weighted by Gasteiger charge is -2.11. The van der Waals surface area contributed by atoms with Gasteiger partial charge in [0.2, 0.25) is 5.78 Å². The smallest absolute Gasteiger partial charge is 0.210 e. The van der Waals surface area contributed by atoms with E-state index in [9.17, 15) is 4.79 Å². The summed E-state index contributed by atoms with van der Waals surface area (Å²) in [5.41, 5.74) is 3.28. The number of fused-ring (bicyclic) bond motifs is 1. The van der Waals surface area contributed by atoms with E-state index in [1.165, 1.54) is 0 Å². The lowest BCUT2D eigenvalue weighted by Crippen LogP contribution is -2.11. The van der Waals surface area contributed by atoms with E-state index < -0.39 is 0 Å². The highest BCUT2D eigenvalue weighted by atomic mass is 35.5. The summed E-state index contributed by atoms with van der Waals surface area (Å²) in [6.45, 7) is 0.599. The Morgan fingerprint density at radius 2 is 1.40 bits per heavy atom. The molecule has 4 aromatic rings. The molecule has 25 heavy (non-hydrogen) atoms. The number of aromatic nitrogens is 1. The quantitative estimate of drug-likeness (QED) is 0.443. The van der Waals surface area contributed by atoms with Gasteiger partial charge in [-0.25, -0.2) is 0 Å². The number of hydrogen-bond acceptors (Lipinski definition) is 1. The van der Waals surface area contributed by atoms with Crippen molar-refractivity contribution in [1.82, 2.24) is 4.57 Å². The SMILES string of the molecule is O=C(c1ccccc1)c1c(Cl)c2ccccc2n1Cc1ccccc1. The van der Waals surface area contributed by atoms with Crippen LogP contribution in [0.4, 0.5) is 0 Å². The number of carbonyl (C=O) groups excluding carboxylic acids is 1. The van der Waals surface area contributed by atoms with Gasteiger partial charge in [-0.05, 0) is 11.6 Å². The minimum absolute atomic E-state index is 0.0577. The van der Waals surface area contributed by atoms with Crippen molar-refractivity contribution in [2.75, 3.05) is 0 Å². The Balaban J connectivity index is 1.92. The zero-order chi connectivity index (χ0) is 17.2. The molecule has 0 amide bonds. The zero-order valence-corrected chi connectivity index (χ0v) is 14.3. The first-order chi connectivity index (χ1) is 12.3. The molecule has 3 heteroatoms. The molecule has 0 saturated heterocycles. The van der Waals surface area contributed by atoms with E-state index in [0.29, 0.717) is 22.8 Å². The second-order valence-electron chi connectivity index (χ2n) is 5.95. The minimum Gasteiger partial charge on any atom is -0.332 e. The molecule has 0 fully saturated rings. The minimum atomic E-state index is -0.0577. The van der Waals surface area contributed by atoms with Crippen molar-refractivity contribution >= 4 is 28.3 Å². The molecule has 0 aliphatic heterocycles. The fourth-order valence-electron chi connectivity index (χ4n) is 3.14. The normalized spacial score (nSPS) is 10.9. The van der Waals surface area contributed by atoms with Crippen LogP contribution in [-0.4, -0.2) is 10.4 Å². The van der Waals surface area contributed by atoms with Crippen molar-refractivity contribution in [1.29, 1.82) is 0 Å². The molecule has 0 aliphatic rings. The maximum atomic E-state index is 13.1. The highest BCUT2D eigenvalue weighted by Crippen LogP contribution is 2.32. The molecular formula is C22H16ClNO. The van der Waals surface area contributed by atoms with E-state index >= 15 is 0 Å². The zero-order valence-electron chi connectivity index (χ0n) is 13.5. The molecule has 0 unspecified atom stereocenters. The van der Waals surface area contributed by atoms with Crippen LogP contribution in [0.15, 0.2) is 84.9 Å². The second-order valence-corrected chi connectivity index (χ2v) is 6.32. The second kappa shape index (κ2) is 6.58. The monoisotopic (exact) mass is 345 g/mol. The van der Waals surface area contributed by atoms with Crippen LogP contribution in [-0.2, 0) is 6.54 Å². The summed E-state index contributed by atoms with van der Waals surface area (Å²) in [4.78, 5) is 13.1. The average Bonchev–Trinajstić information content (AvgIpc) is 2.95. The molecule has 0 atom stereocenters. The molecule has 0 bridgehead atoms. The largest absolute Gasteiger partial charge is 0.332 e. The molecule has 1 aromatic heterocycles. The first-order valence-electron chi connectivity index (χ1n) is 8.16. The van der Waals surface area contributed by atoms with E-state index in [2.05, 4.69) is 12.1 Å². The number of rotatable bonds is 4. The van der Waals surface area contributed by atoms with Gasteiger partial charge in [-0.3, -0.25) is 4.79 Å². The molecule has 2 nitrogen and oxygen atoms in total. The number of ketones is 1. The van der Waals surface area contributed by atoms with Gasteiger partial charge in [0.15, 0.2) is 0 Å². The van der Waals surface area contributed by atoms with Gasteiger partial charge in [-0.1, -0.05) is 90.5 Å². The standard InChI is InChI=1S/C22H16ClNO/c23-20-18-13-7-8-14-19(18)24(15-16-9-3-1-4-10-16)21(20)22(25)17-11-5-2-6-12-17/h1-14H,15H2. The molecular weight excluding hydrogens is 330 g/mol. The Morgan fingerprint density at radius 3 is 2.12 bits per heavy atom. The Hall–Kier alpha value is -2.84. The van der Waals surface area contributed by atoms with Gasteiger partial charge < -0.3 is 4.57 Å². The molecule has 0 N–H and O–H groups in total. The van der Waals surface area contributed by atoms with Crippen molar-refractivity contribution in [3.05, 3.63) is 107 Å². The van der Waals surface area contributed by atoms with E-state index in [0.717, 1.165) is 16.5 Å². The maximum Gasteiger partial charge on any atom is 0.210 e. The van der Waals surface area contributed by atoms with Crippen LogP contribution in [0.25, 0.3) is 10.9 Å². The number of nitrogens with zero attached hydrogens (tertiary/aromatic N) is 1. The van der Waals surface area contributed by atoms with Crippen LogP contribution < -0.4 is 0 Å². The van der Waals surface area contributed by atoms with Gasteiger partial charge in [0.1, 0.15) is 5.69 Å². The number of halogens is 1. The lowest BCUT2D eigenvalue weighted by molar-refractivity contribution is 0.103. The molecule has 0 spiro atoms. The summed E-state index contributed by atoms with van der Waals surface area (Å²) >= 11 is 6.63. The molecule has 0 aliphatic carbocycles. The average molecular weight is 346 g/mol. The molecule has 0 radical (unpaired) electrons. The van der Waals surface area contributed by atoms with Crippen molar-refractivity contribution < 1.29 is 4.79 Å². The Labute approximate surface area is 151 Å². The molecule has 3 aromatic carbocycles. The van der Waals surface area contributed by atoms with Crippen molar-refractivity contribution in [3.63, 3.8) is 0 Å². The summed E-state index contributed by atoms with van der Waals surface area (Å²) in [7, 11) is 0. The van der Waals surface area contributed by atoms with Crippen LogP contribution in [0.1, 0.15) is 21.6 Å². The first kappa shape index (κ1) is 15.7. The molecule has 1 heterocycles. The fraction of sp³-hybridized carbons (Fsp3) is 0.0455. The number of para-hydroxylation sites is 1. The summed E-state index contributed by atoms with van der Waals surface area (Å²) in [5.74, 6) is -0.0577. The lowest BCUT2D eigenvalue weighted by atomic mass is 10.1. The van der Waals surface area contributed by atoms with E-state index in [4.69, 9.17) is 11.6 Å². The van der Waals surface area contributed by atoms with Crippen LogP contribution in [0.5, 0.6) is 0 Å². The van der Waals surface area contributed by atoms with Crippen molar-refractivity contribution in [3.8, 4) is 0 Å². The first-order valence-corrected chi connectivity index (χ1v) is 8.54. The molecule has 122 valence electrons. The molecule has 4 rings (SSSR count). The molecule has 0 saturated carbocycles. The summed E-state index contributed by atoms with van der Waals surface area (Å²) in [6.07, 6.45) is 0. The Kier molecular flexibility index (Phi) is 4.12. The maximum absolute atomic E-state index is 13.1. The van der Waals surface area contributed by atoms with Gasteiger partial charge in [0, 0.05) is 17.5 Å². The number of carbonyl (C=O) groups is 1.